The predicted molar refractivity (Wildman–Crippen MR) is 60.6 cm³/mol. The minimum absolute atomic E-state index is 0.136. The van der Waals surface area contributed by atoms with Gasteiger partial charge in [-0.3, -0.25) is 0 Å². The molecule has 1 N–H and O–H groups in total. The van der Waals surface area contributed by atoms with Crippen LogP contribution in [0.2, 0.25) is 0 Å². The van der Waals surface area contributed by atoms with E-state index in [4.69, 9.17) is 0 Å². The molecule has 0 aliphatic heterocycles. The molecule has 0 saturated carbocycles. The maximum Gasteiger partial charge on any atom is 0.183 e. The molecule has 2 rings (SSSR count). The van der Waals surface area contributed by atoms with Gasteiger partial charge < -0.3 is 5.32 Å². The highest BCUT2D eigenvalue weighted by Gasteiger charge is 2.06. The molecule has 4 heteroatoms. The van der Waals surface area contributed by atoms with Crippen LogP contribution in [-0.2, 0) is 0 Å². The van der Waals surface area contributed by atoms with E-state index in [-0.39, 0.29) is 11.9 Å². The molecule has 0 bridgehead atoms. The lowest BCUT2D eigenvalue weighted by atomic mass is 10.1. The third-order valence-electron chi connectivity index (χ3n) is 2.14. The van der Waals surface area contributed by atoms with Gasteiger partial charge in [-0.15, -0.1) is 11.3 Å². The van der Waals surface area contributed by atoms with Gasteiger partial charge in [0.25, 0.3) is 0 Å². The number of halogens is 1. The van der Waals surface area contributed by atoms with Crippen LogP contribution in [0.5, 0.6) is 0 Å². The average molecular weight is 222 g/mol. The van der Waals surface area contributed by atoms with E-state index in [1.54, 1.807) is 29.7 Å². The van der Waals surface area contributed by atoms with Gasteiger partial charge in [-0.25, -0.2) is 9.37 Å². The molecule has 0 amide bonds. The molecular formula is C11H11FN2S. The van der Waals surface area contributed by atoms with Crippen molar-refractivity contribution in [2.24, 2.45) is 0 Å². The number of hydrogen-bond donors (Lipinski definition) is 1. The summed E-state index contributed by atoms with van der Waals surface area (Å²) in [4.78, 5) is 4.13. The van der Waals surface area contributed by atoms with Crippen LogP contribution in [0, 0.1) is 5.82 Å². The number of hydrogen-bond acceptors (Lipinski definition) is 3. The Labute approximate surface area is 91.8 Å². The van der Waals surface area contributed by atoms with Crippen molar-refractivity contribution in [3.63, 3.8) is 0 Å². The lowest BCUT2D eigenvalue weighted by Gasteiger charge is -2.12. The average Bonchev–Trinajstić information content (AvgIpc) is 2.71. The second-order valence-electron chi connectivity index (χ2n) is 3.25. The molecule has 1 unspecified atom stereocenters. The zero-order valence-electron chi connectivity index (χ0n) is 8.27. The summed E-state index contributed by atoms with van der Waals surface area (Å²) in [5, 5.41) is 6.04. The Morgan fingerprint density at radius 3 is 2.67 bits per heavy atom. The summed E-state index contributed by atoms with van der Waals surface area (Å²) in [6.45, 7) is 2.02. The standard InChI is InChI=1S/C11H11FN2S/c1-8(14-11-13-6-7-15-11)9-2-4-10(12)5-3-9/h2-8H,1H3,(H,13,14). The molecule has 2 aromatic rings. The predicted octanol–water partition coefficient (Wildman–Crippen LogP) is 3.46. The number of aromatic nitrogens is 1. The third-order valence-corrected chi connectivity index (χ3v) is 2.85. The number of rotatable bonds is 3. The SMILES string of the molecule is CC(Nc1nccs1)c1ccc(F)cc1. The normalized spacial score (nSPS) is 12.4. The number of nitrogens with one attached hydrogen (secondary N) is 1. The van der Waals surface area contributed by atoms with E-state index >= 15 is 0 Å². The quantitative estimate of drug-likeness (QED) is 0.860. The Morgan fingerprint density at radius 1 is 1.33 bits per heavy atom. The van der Waals surface area contributed by atoms with Gasteiger partial charge in [0, 0.05) is 11.6 Å². The highest BCUT2D eigenvalue weighted by molar-refractivity contribution is 7.13. The van der Waals surface area contributed by atoms with Crippen molar-refractivity contribution < 1.29 is 4.39 Å². The number of anilines is 1. The molecule has 0 aliphatic carbocycles. The first-order valence-corrected chi connectivity index (χ1v) is 5.55. The molecule has 0 fully saturated rings. The maximum absolute atomic E-state index is 12.7. The second-order valence-corrected chi connectivity index (χ2v) is 4.15. The summed E-state index contributed by atoms with van der Waals surface area (Å²) in [5.41, 5.74) is 1.05. The van der Waals surface area contributed by atoms with E-state index in [1.165, 1.54) is 12.1 Å². The molecule has 0 radical (unpaired) electrons. The highest BCUT2D eigenvalue weighted by atomic mass is 32.1. The van der Waals surface area contributed by atoms with E-state index in [0.29, 0.717) is 0 Å². The van der Waals surface area contributed by atoms with Crippen LogP contribution in [-0.4, -0.2) is 4.98 Å². The third kappa shape index (κ3) is 2.53. The van der Waals surface area contributed by atoms with Gasteiger partial charge in [0.2, 0.25) is 0 Å². The Morgan fingerprint density at radius 2 is 2.07 bits per heavy atom. The van der Waals surface area contributed by atoms with E-state index in [1.807, 2.05) is 12.3 Å². The van der Waals surface area contributed by atoms with Crippen LogP contribution in [0.1, 0.15) is 18.5 Å². The summed E-state index contributed by atoms with van der Waals surface area (Å²) in [7, 11) is 0. The molecule has 15 heavy (non-hydrogen) atoms. The van der Waals surface area contributed by atoms with Gasteiger partial charge in [0.1, 0.15) is 5.82 Å². The number of nitrogens with zero attached hydrogens (tertiary/aromatic N) is 1. The van der Waals surface area contributed by atoms with Crippen molar-refractivity contribution >= 4 is 16.5 Å². The molecule has 1 atom stereocenters. The lowest BCUT2D eigenvalue weighted by Crippen LogP contribution is -2.05. The smallest absolute Gasteiger partial charge is 0.183 e. The van der Waals surface area contributed by atoms with E-state index in [9.17, 15) is 4.39 Å². The number of benzene rings is 1. The van der Waals surface area contributed by atoms with Gasteiger partial charge in [0.05, 0.1) is 6.04 Å². The minimum Gasteiger partial charge on any atom is -0.355 e. The van der Waals surface area contributed by atoms with E-state index in [0.717, 1.165) is 10.7 Å². The van der Waals surface area contributed by atoms with Crippen molar-refractivity contribution in [3.05, 3.63) is 47.2 Å². The van der Waals surface area contributed by atoms with Crippen LogP contribution in [0.15, 0.2) is 35.8 Å². The Bertz CT molecular complexity index is 411. The molecule has 78 valence electrons. The van der Waals surface area contributed by atoms with Gasteiger partial charge in [-0.05, 0) is 24.6 Å². The lowest BCUT2D eigenvalue weighted by molar-refractivity contribution is 0.626. The van der Waals surface area contributed by atoms with E-state index < -0.39 is 0 Å². The first kappa shape index (κ1) is 10.1. The van der Waals surface area contributed by atoms with Crippen molar-refractivity contribution in [3.8, 4) is 0 Å². The van der Waals surface area contributed by atoms with Gasteiger partial charge >= 0.3 is 0 Å². The summed E-state index contributed by atoms with van der Waals surface area (Å²) in [6, 6.07) is 6.63. The minimum atomic E-state index is -0.208. The topological polar surface area (TPSA) is 24.9 Å². The van der Waals surface area contributed by atoms with Crippen molar-refractivity contribution in [2.45, 2.75) is 13.0 Å². The van der Waals surface area contributed by atoms with E-state index in [2.05, 4.69) is 10.3 Å². The highest BCUT2D eigenvalue weighted by Crippen LogP contribution is 2.20. The maximum atomic E-state index is 12.7. The van der Waals surface area contributed by atoms with Crippen molar-refractivity contribution in [2.75, 3.05) is 5.32 Å². The fourth-order valence-corrected chi connectivity index (χ4v) is 1.93. The van der Waals surface area contributed by atoms with Crippen molar-refractivity contribution in [1.82, 2.24) is 4.98 Å². The Kier molecular flexibility index (Phi) is 2.97. The fourth-order valence-electron chi connectivity index (χ4n) is 1.31. The Hall–Kier alpha value is -1.42. The molecule has 0 aliphatic rings. The molecular weight excluding hydrogens is 211 g/mol. The number of thiazole rings is 1. The van der Waals surface area contributed by atoms with Crippen LogP contribution in [0.25, 0.3) is 0 Å². The molecule has 0 saturated heterocycles. The molecule has 1 heterocycles. The van der Waals surface area contributed by atoms with Crippen LogP contribution < -0.4 is 5.32 Å². The monoisotopic (exact) mass is 222 g/mol. The fraction of sp³-hybridized carbons (Fsp3) is 0.182. The van der Waals surface area contributed by atoms with Gasteiger partial charge in [-0.1, -0.05) is 12.1 Å². The van der Waals surface area contributed by atoms with Crippen LogP contribution in [0.3, 0.4) is 0 Å². The first-order chi connectivity index (χ1) is 7.25. The molecule has 2 nitrogen and oxygen atoms in total. The molecule has 1 aromatic carbocycles. The zero-order valence-corrected chi connectivity index (χ0v) is 9.09. The molecule has 1 aromatic heterocycles. The van der Waals surface area contributed by atoms with Crippen molar-refractivity contribution in [1.29, 1.82) is 0 Å². The van der Waals surface area contributed by atoms with Gasteiger partial charge in [0.15, 0.2) is 5.13 Å². The zero-order chi connectivity index (χ0) is 10.7. The first-order valence-electron chi connectivity index (χ1n) is 4.67. The van der Waals surface area contributed by atoms with Gasteiger partial charge in [-0.2, -0.15) is 0 Å². The summed E-state index contributed by atoms with van der Waals surface area (Å²) in [6.07, 6.45) is 1.75. The van der Waals surface area contributed by atoms with Crippen LogP contribution in [0.4, 0.5) is 9.52 Å². The Balaban J connectivity index is 2.08. The summed E-state index contributed by atoms with van der Waals surface area (Å²) < 4.78 is 12.7. The largest absolute Gasteiger partial charge is 0.355 e. The summed E-state index contributed by atoms with van der Waals surface area (Å²) >= 11 is 1.55. The molecule has 0 spiro atoms. The second kappa shape index (κ2) is 4.40. The summed E-state index contributed by atoms with van der Waals surface area (Å²) in [5.74, 6) is -0.208. The van der Waals surface area contributed by atoms with Crippen LogP contribution >= 0.6 is 11.3 Å².